The number of halogens is 2. The van der Waals surface area contributed by atoms with Crippen LogP contribution in [0.3, 0.4) is 0 Å². The first-order valence-corrected chi connectivity index (χ1v) is 5.29. The molecule has 1 fully saturated rings. The summed E-state index contributed by atoms with van der Waals surface area (Å²) in [4.78, 5) is 0. The van der Waals surface area contributed by atoms with Gasteiger partial charge in [-0.2, -0.15) is 0 Å². The molecule has 15 heavy (non-hydrogen) atoms. The van der Waals surface area contributed by atoms with Crippen LogP contribution < -0.4 is 0 Å². The zero-order valence-electron chi connectivity index (χ0n) is 8.42. The molecule has 0 aliphatic heterocycles. The first-order chi connectivity index (χ1) is 7.16. The average molecular weight is 212 g/mol. The Bertz CT molecular complexity index is 351. The second-order valence-electron chi connectivity index (χ2n) is 4.20. The molecule has 3 heteroatoms. The molecule has 1 aliphatic rings. The predicted octanol–water partition coefficient (Wildman–Crippen LogP) is 2.67. The first kappa shape index (κ1) is 10.6. The van der Waals surface area contributed by atoms with Gasteiger partial charge in [-0.15, -0.1) is 0 Å². The Kier molecular flexibility index (Phi) is 3.00. The second kappa shape index (κ2) is 4.27. The first-order valence-electron chi connectivity index (χ1n) is 5.29. The third-order valence-electron chi connectivity index (χ3n) is 3.11. The zero-order valence-corrected chi connectivity index (χ0v) is 8.42. The fraction of sp³-hybridized carbons (Fsp3) is 0.500. The van der Waals surface area contributed by atoms with Crippen molar-refractivity contribution in [2.45, 2.75) is 31.8 Å². The summed E-state index contributed by atoms with van der Waals surface area (Å²) in [5.41, 5.74) is 0.376. The second-order valence-corrected chi connectivity index (χ2v) is 4.20. The fourth-order valence-electron chi connectivity index (χ4n) is 2.24. The van der Waals surface area contributed by atoms with Crippen molar-refractivity contribution in [2.75, 3.05) is 0 Å². The molecule has 2 rings (SSSR count). The third kappa shape index (κ3) is 2.34. The zero-order chi connectivity index (χ0) is 10.8. The molecule has 82 valence electrons. The average Bonchev–Trinajstić information content (AvgIpc) is 2.58. The summed E-state index contributed by atoms with van der Waals surface area (Å²) in [6, 6.07) is 3.48. The molecule has 0 amide bonds. The Morgan fingerprint density at radius 1 is 1.27 bits per heavy atom. The highest BCUT2D eigenvalue weighted by atomic mass is 19.1. The van der Waals surface area contributed by atoms with Gasteiger partial charge < -0.3 is 5.11 Å². The Hall–Kier alpha value is -0.960. The Labute approximate surface area is 87.7 Å². The van der Waals surface area contributed by atoms with E-state index < -0.39 is 5.82 Å². The van der Waals surface area contributed by atoms with E-state index in [1.807, 2.05) is 0 Å². The van der Waals surface area contributed by atoms with E-state index in [1.165, 1.54) is 6.07 Å². The molecule has 1 N–H and O–H groups in total. The van der Waals surface area contributed by atoms with Crippen molar-refractivity contribution in [3.63, 3.8) is 0 Å². The van der Waals surface area contributed by atoms with Crippen molar-refractivity contribution in [2.24, 2.45) is 5.92 Å². The van der Waals surface area contributed by atoms with E-state index in [-0.39, 0.29) is 17.8 Å². The molecule has 2 unspecified atom stereocenters. The lowest BCUT2D eigenvalue weighted by molar-refractivity contribution is 0.132. The Morgan fingerprint density at radius 3 is 2.73 bits per heavy atom. The van der Waals surface area contributed by atoms with Crippen LogP contribution in [0.2, 0.25) is 0 Å². The number of rotatable bonds is 2. The number of aliphatic hydroxyl groups is 1. The lowest BCUT2D eigenvalue weighted by Gasteiger charge is -2.14. The maximum atomic E-state index is 13.3. The fourth-order valence-corrected chi connectivity index (χ4v) is 2.24. The van der Waals surface area contributed by atoms with Gasteiger partial charge in [0.1, 0.15) is 11.6 Å². The molecule has 1 nitrogen and oxygen atoms in total. The van der Waals surface area contributed by atoms with Crippen LogP contribution in [0.5, 0.6) is 0 Å². The minimum atomic E-state index is -0.418. The van der Waals surface area contributed by atoms with E-state index >= 15 is 0 Å². The van der Waals surface area contributed by atoms with Crippen LogP contribution in [-0.2, 0) is 6.42 Å². The summed E-state index contributed by atoms with van der Waals surface area (Å²) in [5.74, 6) is -0.712. The van der Waals surface area contributed by atoms with Crippen LogP contribution in [0.4, 0.5) is 8.78 Å². The summed E-state index contributed by atoms with van der Waals surface area (Å²) in [7, 11) is 0. The molecule has 0 radical (unpaired) electrons. The van der Waals surface area contributed by atoms with Crippen molar-refractivity contribution < 1.29 is 13.9 Å². The van der Waals surface area contributed by atoms with Gasteiger partial charge in [-0.25, -0.2) is 8.78 Å². The maximum absolute atomic E-state index is 13.3. The van der Waals surface area contributed by atoms with E-state index in [0.717, 1.165) is 31.4 Å². The molecule has 0 bridgehead atoms. The molecule has 0 aromatic heterocycles. The van der Waals surface area contributed by atoms with Crippen LogP contribution in [-0.4, -0.2) is 11.2 Å². The van der Waals surface area contributed by atoms with Crippen LogP contribution in [0.15, 0.2) is 18.2 Å². The molecule has 0 saturated heterocycles. The smallest absolute Gasteiger partial charge is 0.126 e. The summed E-state index contributed by atoms with van der Waals surface area (Å²) >= 11 is 0. The normalized spacial score (nSPS) is 25.8. The van der Waals surface area contributed by atoms with Crippen molar-refractivity contribution in [1.82, 2.24) is 0 Å². The predicted molar refractivity (Wildman–Crippen MR) is 53.4 cm³/mol. The largest absolute Gasteiger partial charge is 0.393 e. The van der Waals surface area contributed by atoms with Gasteiger partial charge in [0, 0.05) is 0 Å². The summed E-state index contributed by atoms with van der Waals surface area (Å²) in [6.45, 7) is 0. The summed E-state index contributed by atoms with van der Waals surface area (Å²) < 4.78 is 26.2. The van der Waals surface area contributed by atoms with Gasteiger partial charge in [0.25, 0.3) is 0 Å². The molecule has 0 spiro atoms. The monoisotopic (exact) mass is 212 g/mol. The lowest BCUT2D eigenvalue weighted by atomic mass is 9.96. The van der Waals surface area contributed by atoms with Gasteiger partial charge >= 0.3 is 0 Å². The van der Waals surface area contributed by atoms with Crippen molar-refractivity contribution in [3.05, 3.63) is 35.4 Å². The standard InChI is InChI=1S/C12H14F2O/c13-10-4-5-11(14)9(7-10)6-8-2-1-3-12(8)15/h4-5,7-8,12,15H,1-3,6H2. The van der Waals surface area contributed by atoms with E-state index in [2.05, 4.69) is 0 Å². The highest BCUT2D eigenvalue weighted by molar-refractivity contribution is 5.19. The molecular formula is C12H14F2O. The van der Waals surface area contributed by atoms with Crippen LogP contribution in [0.1, 0.15) is 24.8 Å². The Balaban J connectivity index is 2.12. The molecule has 1 saturated carbocycles. The quantitative estimate of drug-likeness (QED) is 0.799. The van der Waals surface area contributed by atoms with Gasteiger partial charge in [-0.3, -0.25) is 0 Å². The number of aliphatic hydroxyl groups excluding tert-OH is 1. The van der Waals surface area contributed by atoms with Gasteiger partial charge in [-0.1, -0.05) is 6.42 Å². The van der Waals surface area contributed by atoms with Crippen molar-refractivity contribution >= 4 is 0 Å². The van der Waals surface area contributed by atoms with E-state index in [9.17, 15) is 13.9 Å². The van der Waals surface area contributed by atoms with Gasteiger partial charge in [0.15, 0.2) is 0 Å². The molecular weight excluding hydrogens is 198 g/mol. The van der Waals surface area contributed by atoms with Crippen LogP contribution in [0.25, 0.3) is 0 Å². The van der Waals surface area contributed by atoms with E-state index in [4.69, 9.17) is 0 Å². The molecule has 2 atom stereocenters. The van der Waals surface area contributed by atoms with Crippen LogP contribution in [0, 0.1) is 17.6 Å². The van der Waals surface area contributed by atoms with Gasteiger partial charge in [-0.05, 0) is 48.9 Å². The molecule has 1 aromatic carbocycles. The summed E-state index contributed by atoms with van der Waals surface area (Å²) in [5, 5.41) is 9.59. The molecule has 1 aliphatic carbocycles. The van der Waals surface area contributed by atoms with Crippen molar-refractivity contribution in [3.8, 4) is 0 Å². The number of hydrogen-bond acceptors (Lipinski definition) is 1. The minimum Gasteiger partial charge on any atom is -0.393 e. The SMILES string of the molecule is OC1CCCC1Cc1cc(F)ccc1F. The van der Waals surface area contributed by atoms with E-state index in [1.54, 1.807) is 0 Å². The highest BCUT2D eigenvalue weighted by Gasteiger charge is 2.26. The maximum Gasteiger partial charge on any atom is 0.126 e. The number of benzene rings is 1. The lowest BCUT2D eigenvalue weighted by Crippen LogP contribution is -2.16. The highest BCUT2D eigenvalue weighted by Crippen LogP contribution is 2.29. The molecule has 0 heterocycles. The minimum absolute atomic E-state index is 0.0845. The summed E-state index contributed by atoms with van der Waals surface area (Å²) in [6.07, 6.45) is 2.74. The number of hydrogen-bond donors (Lipinski definition) is 1. The van der Waals surface area contributed by atoms with Crippen LogP contribution >= 0.6 is 0 Å². The van der Waals surface area contributed by atoms with Gasteiger partial charge in [0.2, 0.25) is 0 Å². The van der Waals surface area contributed by atoms with E-state index in [0.29, 0.717) is 12.0 Å². The van der Waals surface area contributed by atoms with Crippen molar-refractivity contribution in [1.29, 1.82) is 0 Å². The third-order valence-corrected chi connectivity index (χ3v) is 3.11. The topological polar surface area (TPSA) is 20.2 Å². The Morgan fingerprint density at radius 2 is 2.07 bits per heavy atom. The van der Waals surface area contributed by atoms with Gasteiger partial charge in [0.05, 0.1) is 6.10 Å². The molecule has 1 aromatic rings.